The fourth-order valence-electron chi connectivity index (χ4n) is 2.15. The van der Waals surface area contributed by atoms with Crippen LogP contribution in [0.1, 0.15) is 5.56 Å². The van der Waals surface area contributed by atoms with Gasteiger partial charge < -0.3 is 32.6 Å². The zero-order chi connectivity index (χ0) is 15.9. The number of carbonyl (C=O) groups is 1. The number of ether oxygens (including phenoxy) is 2. The third-order valence-electron chi connectivity index (χ3n) is 3.25. The lowest BCUT2D eigenvalue weighted by atomic mass is 10.1. The Balaban J connectivity index is 0.00000264. The van der Waals surface area contributed by atoms with Gasteiger partial charge in [0.15, 0.2) is 6.61 Å². The number of halogens is 1. The zero-order valence-electron chi connectivity index (χ0n) is 13.1. The molecule has 0 spiro atoms. The summed E-state index contributed by atoms with van der Waals surface area (Å²) in [5.74, 6) is 0.205. The highest BCUT2D eigenvalue weighted by Crippen LogP contribution is 2.24. The lowest BCUT2D eigenvalue weighted by Gasteiger charge is -2.08. The third kappa shape index (κ3) is 5.40. The molecule has 0 aliphatic rings. The Labute approximate surface area is 140 Å². The van der Waals surface area contributed by atoms with E-state index in [1.54, 1.807) is 6.07 Å². The Morgan fingerprint density at radius 2 is 2.13 bits per heavy atom. The second-order valence-corrected chi connectivity index (χ2v) is 4.91. The van der Waals surface area contributed by atoms with Gasteiger partial charge >= 0.3 is 5.97 Å². The molecule has 1 atom stereocenters. The maximum Gasteiger partial charge on any atom is 0.343 e. The van der Waals surface area contributed by atoms with E-state index < -0.39 is 5.97 Å². The van der Waals surface area contributed by atoms with E-state index >= 15 is 0 Å². The van der Waals surface area contributed by atoms with Crippen LogP contribution in [0, 0.1) is 0 Å². The Morgan fingerprint density at radius 3 is 2.83 bits per heavy atom. The number of benzene rings is 1. The van der Waals surface area contributed by atoms with E-state index in [4.69, 9.17) is 9.62 Å². The number of quaternary nitrogens is 1. The summed E-state index contributed by atoms with van der Waals surface area (Å²) >= 11 is 0. The predicted octanol–water partition coefficient (Wildman–Crippen LogP) is -2.55. The first kappa shape index (κ1) is 19.2. The van der Waals surface area contributed by atoms with Crippen molar-refractivity contribution in [1.29, 1.82) is 0 Å². The van der Waals surface area contributed by atoms with Gasteiger partial charge in [-0.25, -0.2) is 14.6 Å². The molecule has 1 aromatic heterocycles. The molecule has 0 amide bonds. The van der Waals surface area contributed by atoms with Crippen molar-refractivity contribution >= 4 is 16.9 Å². The van der Waals surface area contributed by atoms with E-state index in [-0.39, 0.29) is 25.1 Å². The van der Waals surface area contributed by atoms with Crippen molar-refractivity contribution in [2.45, 2.75) is 12.5 Å². The minimum atomic E-state index is -0.413. The van der Waals surface area contributed by atoms with Gasteiger partial charge in [0, 0.05) is 23.5 Å². The number of carbonyl (C=O) groups excluding carboxylic acids is 1. The highest BCUT2D eigenvalue weighted by Gasteiger charge is 2.13. The molecular weight excluding hydrogens is 324 g/mol. The molecule has 1 heterocycles. The van der Waals surface area contributed by atoms with Crippen molar-refractivity contribution < 1.29 is 42.2 Å². The minimum Gasteiger partial charge on any atom is -1.00 e. The standard InChI is InChI=1S/C15H20N2O5.ClH/c1-19-15(18)9-21-12-3-4-14-13(6-12)10(7-17-14)5-11(16)8-22-20-2;/h3-4,6-7,11,17H,5,8-9,16H2,1-2H3;1H. The van der Waals surface area contributed by atoms with Crippen LogP contribution in [0.3, 0.4) is 0 Å². The average molecular weight is 345 g/mol. The first-order chi connectivity index (χ1) is 10.6. The third-order valence-corrected chi connectivity index (χ3v) is 3.25. The second kappa shape index (κ2) is 9.36. The van der Waals surface area contributed by atoms with Gasteiger partial charge in [0.25, 0.3) is 0 Å². The molecule has 23 heavy (non-hydrogen) atoms. The number of hydrogen-bond donors (Lipinski definition) is 2. The molecule has 0 aliphatic carbocycles. The first-order valence-corrected chi connectivity index (χ1v) is 6.92. The Kier molecular flexibility index (Phi) is 7.84. The van der Waals surface area contributed by atoms with E-state index in [0.717, 1.165) is 22.9 Å². The maximum atomic E-state index is 11.1. The smallest absolute Gasteiger partial charge is 0.343 e. The predicted molar refractivity (Wildman–Crippen MR) is 79.2 cm³/mol. The largest absolute Gasteiger partial charge is 1.00 e. The number of fused-ring (bicyclic) bond motifs is 1. The number of nitrogens with one attached hydrogen (secondary N) is 1. The van der Waals surface area contributed by atoms with Crippen molar-refractivity contribution in [2.24, 2.45) is 0 Å². The lowest BCUT2D eigenvalue weighted by Crippen LogP contribution is -3.00. The van der Waals surface area contributed by atoms with Crippen LogP contribution in [0.15, 0.2) is 24.4 Å². The normalized spacial score (nSPS) is 11.8. The van der Waals surface area contributed by atoms with Crippen LogP contribution in [0.4, 0.5) is 0 Å². The van der Waals surface area contributed by atoms with Gasteiger partial charge in [0.05, 0.1) is 14.2 Å². The Morgan fingerprint density at radius 1 is 1.35 bits per heavy atom. The SMILES string of the molecule is COOCC([NH3+])Cc1c[nH]c2ccc(OCC(=O)OC)cc12.[Cl-]. The van der Waals surface area contributed by atoms with Gasteiger partial charge in [0.1, 0.15) is 18.4 Å². The number of hydrogen-bond acceptors (Lipinski definition) is 5. The van der Waals surface area contributed by atoms with Gasteiger partial charge in [-0.3, -0.25) is 0 Å². The monoisotopic (exact) mass is 344 g/mol. The molecule has 1 unspecified atom stereocenters. The first-order valence-electron chi connectivity index (χ1n) is 6.92. The minimum absolute atomic E-state index is 0. The molecule has 2 aromatic rings. The number of esters is 1. The van der Waals surface area contributed by atoms with Crippen molar-refractivity contribution in [3.8, 4) is 5.75 Å². The summed E-state index contributed by atoms with van der Waals surface area (Å²) in [7, 11) is 2.80. The average Bonchev–Trinajstić information content (AvgIpc) is 2.92. The zero-order valence-corrected chi connectivity index (χ0v) is 13.9. The quantitative estimate of drug-likeness (QED) is 0.312. The fourth-order valence-corrected chi connectivity index (χ4v) is 2.15. The molecule has 0 saturated heterocycles. The van der Waals surface area contributed by atoms with E-state index in [0.29, 0.717) is 12.4 Å². The van der Waals surface area contributed by atoms with Crippen LogP contribution in [0.25, 0.3) is 10.9 Å². The summed E-state index contributed by atoms with van der Waals surface area (Å²) in [6.07, 6.45) is 2.68. The number of aromatic nitrogens is 1. The summed E-state index contributed by atoms with van der Waals surface area (Å²) < 4.78 is 9.97. The molecule has 4 N–H and O–H groups in total. The van der Waals surface area contributed by atoms with Crippen LogP contribution in [0.2, 0.25) is 0 Å². The lowest BCUT2D eigenvalue weighted by molar-refractivity contribution is -0.445. The number of methoxy groups -OCH3 is 1. The van der Waals surface area contributed by atoms with Crippen LogP contribution in [-0.2, 0) is 25.7 Å². The molecule has 0 saturated carbocycles. The topological polar surface area (TPSA) is 97.4 Å². The number of aromatic amines is 1. The molecule has 0 fully saturated rings. The van der Waals surface area contributed by atoms with Crippen molar-refractivity contribution in [3.05, 3.63) is 30.0 Å². The van der Waals surface area contributed by atoms with Crippen LogP contribution < -0.4 is 22.9 Å². The van der Waals surface area contributed by atoms with Crippen molar-refractivity contribution in [1.82, 2.24) is 4.98 Å². The van der Waals surface area contributed by atoms with E-state index in [1.165, 1.54) is 14.2 Å². The summed E-state index contributed by atoms with van der Waals surface area (Å²) in [4.78, 5) is 23.8. The van der Waals surface area contributed by atoms with Crippen LogP contribution in [-0.4, -0.2) is 44.4 Å². The molecular formula is C15H21ClN2O5. The van der Waals surface area contributed by atoms with Crippen molar-refractivity contribution in [2.75, 3.05) is 27.4 Å². The Hall–Kier alpha value is -1.80. The molecule has 0 bridgehead atoms. The molecule has 128 valence electrons. The summed E-state index contributed by atoms with van der Waals surface area (Å²) in [5.41, 5.74) is 6.15. The summed E-state index contributed by atoms with van der Waals surface area (Å²) in [6, 6.07) is 5.68. The molecule has 1 aromatic carbocycles. The fraction of sp³-hybridized carbons (Fsp3) is 0.400. The van der Waals surface area contributed by atoms with Gasteiger partial charge in [-0.15, -0.1) is 0 Å². The van der Waals surface area contributed by atoms with Crippen LogP contribution >= 0.6 is 0 Å². The van der Waals surface area contributed by atoms with E-state index in [2.05, 4.69) is 20.3 Å². The van der Waals surface area contributed by atoms with Gasteiger partial charge in [-0.2, -0.15) is 0 Å². The molecule has 0 aliphatic heterocycles. The second-order valence-electron chi connectivity index (χ2n) is 4.91. The summed E-state index contributed by atoms with van der Waals surface area (Å²) in [5, 5.41) is 1.04. The molecule has 0 radical (unpaired) electrons. The molecule has 8 heteroatoms. The van der Waals surface area contributed by atoms with Gasteiger partial charge in [-0.05, 0) is 23.8 Å². The molecule has 2 rings (SSSR count). The van der Waals surface area contributed by atoms with E-state index in [1.807, 2.05) is 18.3 Å². The highest BCUT2D eigenvalue weighted by molar-refractivity contribution is 5.84. The van der Waals surface area contributed by atoms with E-state index in [9.17, 15) is 4.79 Å². The van der Waals surface area contributed by atoms with Gasteiger partial charge in [0.2, 0.25) is 0 Å². The number of H-pyrrole nitrogens is 1. The van der Waals surface area contributed by atoms with Crippen molar-refractivity contribution in [3.63, 3.8) is 0 Å². The van der Waals surface area contributed by atoms with Crippen LogP contribution in [0.5, 0.6) is 5.75 Å². The van der Waals surface area contributed by atoms with Gasteiger partial charge in [-0.1, -0.05) is 0 Å². The Bertz CT molecular complexity index is 631. The highest BCUT2D eigenvalue weighted by atomic mass is 35.5. The maximum absolute atomic E-state index is 11.1. The summed E-state index contributed by atoms with van der Waals surface area (Å²) in [6.45, 7) is 0.309. The number of rotatable bonds is 8. The molecule has 7 nitrogen and oxygen atoms in total.